The van der Waals surface area contributed by atoms with Crippen LogP contribution in [0, 0.1) is 0 Å². The molecule has 138 valence electrons. The van der Waals surface area contributed by atoms with Gasteiger partial charge in [-0.2, -0.15) is 0 Å². The minimum atomic E-state index is 0.107. The maximum absolute atomic E-state index is 12.2. The van der Waals surface area contributed by atoms with E-state index in [4.69, 9.17) is 27.9 Å². The molecule has 5 nitrogen and oxygen atoms in total. The summed E-state index contributed by atoms with van der Waals surface area (Å²) in [5, 5.41) is 0.573. The van der Waals surface area contributed by atoms with E-state index in [-0.39, 0.29) is 11.8 Å². The fourth-order valence-electron chi connectivity index (χ4n) is 2.71. The first-order valence-electron chi connectivity index (χ1n) is 8.60. The number of carbonyl (C=O) groups is 2. The quantitative estimate of drug-likeness (QED) is 0.509. The molecule has 0 radical (unpaired) electrons. The number of alkyl halides is 1. The number of hydrogen-bond donors (Lipinski definition) is 0. The molecule has 2 rings (SSSR count). The summed E-state index contributed by atoms with van der Waals surface area (Å²) in [6, 6.07) is 7.29. The average Bonchev–Trinajstić information content (AvgIpc) is 2.64. The van der Waals surface area contributed by atoms with Crippen molar-refractivity contribution in [2.24, 2.45) is 0 Å². The molecular formula is C18H24Cl2N2O3. The molecule has 1 heterocycles. The summed E-state index contributed by atoms with van der Waals surface area (Å²) in [5.41, 5.74) is 0. The number of ether oxygens (including phenoxy) is 1. The smallest absolute Gasteiger partial charge is 0.222 e. The van der Waals surface area contributed by atoms with Crippen molar-refractivity contribution in [1.82, 2.24) is 9.80 Å². The zero-order valence-corrected chi connectivity index (χ0v) is 15.8. The molecule has 1 aliphatic heterocycles. The maximum atomic E-state index is 12.2. The van der Waals surface area contributed by atoms with Crippen LogP contribution in [0.2, 0.25) is 5.02 Å². The highest BCUT2D eigenvalue weighted by atomic mass is 35.5. The second-order valence-electron chi connectivity index (χ2n) is 5.94. The molecule has 0 unspecified atom stereocenters. The van der Waals surface area contributed by atoms with Crippen LogP contribution in [0.5, 0.6) is 5.75 Å². The van der Waals surface area contributed by atoms with Crippen LogP contribution in [-0.2, 0) is 9.59 Å². The Kier molecular flexibility index (Phi) is 8.35. The van der Waals surface area contributed by atoms with Crippen LogP contribution in [0.1, 0.15) is 25.7 Å². The topological polar surface area (TPSA) is 49.9 Å². The van der Waals surface area contributed by atoms with Crippen molar-refractivity contribution in [3.05, 3.63) is 29.3 Å². The van der Waals surface area contributed by atoms with Crippen LogP contribution in [-0.4, -0.2) is 60.3 Å². The molecule has 1 aliphatic rings. The minimum Gasteiger partial charge on any atom is -0.492 e. The minimum absolute atomic E-state index is 0.107. The Morgan fingerprint density at radius 2 is 1.52 bits per heavy atom. The summed E-state index contributed by atoms with van der Waals surface area (Å²) in [6.45, 7) is 2.84. The fraction of sp³-hybridized carbons (Fsp3) is 0.556. The number of hydrogen-bond acceptors (Lipinski definition) is 3. The number of para-hydroxylation sites is 1. The van der Waals surface area contributed by atoms with E-state index in [0.29, 0.717) is 75.1 Å². The first-order chi connectivity index (χ1) is 12.1. The molecule has 7 heteroatoms. The zero-order chi connectivity index (χ0) is 18.1. The lowest BCUT2D eigenvalue weighted by molar-refractivity contribution is -0.139. The first kappa shape index (κ1) is 19.9. The number of amides is 2. The van der Waals surface area contributed by atoms with Crippen molar-refractivity contribution >= 4 is 35.0 Å². The maximum Gasteiger partial charge on any atom is 0.222 e. The second-order valence-corrected chi connectivity index (χ2v) is 6.72. The highest BCUT2D eigenvalue weighted by Crippen LogP contribution is 2.23. The van der Waals surface area contributed by atoms with Gasteiger partial charge in [0.1, 0.15) is 5.75 Å². The molecule has 2 amide bonds. The summed E-state index contributed by atoms with van der Waals surface area (Å²) in [6.07, 6.45) is 2.26. The van der Waals surface area contributed by atoms with Gasteiger partial charge in [0, 0.05) is 44.9 Å². The Bertz CT molecular complexity index is 575. The van der Waals surface area contributed by atoms with Crippen LogP contribution in [0.4, 0.5) is 0 Å². The second kappa shape index (κ2) is 10.5. The summed E-state index contributed by atoms with van der Waals surface area (Å²) in [5.74, 6) is 1.37. The van der Waals surface area contributed by atoms with Gasteiger partial charge in [0.2, 0.25) is 11.8 Å². The van der Waals surface area contributed by atoms with Crippen molar-refractivity contribution in [3.63, 3.8) is 0 Å². The summed E-state index contributed by atoms with van der Waals surface area (Å²) in [4.78, 5) is 27.8. The van der Waals surface area contributed by atoms with Crippen LogP contribution < -0.4 is 4.74 Å². The van der Waals surface area contributed by atoms with E-state index < -0.39 is 0 Å². The Hall–Kier alpha value is -1.46. The number of rotatable bonds is 8. The van der Waals surface area contributed by atoms with Gasteiger partial charge in [-0.1, -0.05) is 23.7 Å². The lowest BCUT2D eigenvalue weighted by Crippen LogP contribution is -2.50. The molecule has 0 aliphatic carbocycles. The monoisotopic (exact) mass is 386 g/mol. The molecule has 1 saturated heterocycles. The van der Waals surface area contributed by atoms with Crippen LogP contribution in [0.3, 0.4) is 0 Å². The number of carbonyl (C=O) groups excluding carboxylic acids is 2. The number of benzene rings is 1. The van der Waals surface area contributed by atoms with Crippen molar-refractivity contribution in [1.29, 1.82) is 0 Å². The molecule has 0 N–H and O–H groups in total. The average molecular weight is 387 g/mol. The predicted molar refractivity (Wildman–Crippen MR) is 99.3 cm³/mol. The molecule has 1 aromatic rings. The van der Waals surface area contributed by atoms with E-state index in [2.05, 4.69) is 0 Å². The largest absolute Gasteiger partial charge is 0.492 e. The van der Waals surface area contributed by atoms with E-state index in [9.17, 15) is 9.59 Å². The lowest BCUT2D eigenvalue weighted by atomic mass is 10.2. The molecular weight excluding hydrogens is 363 g/mol. The third-order valence-corrected chi connectivity index (χ3v) is 4.72. The van der Waals surface area contributed by atoms with Crippen LogP contribution in [0.15, 0.2) is 24.3 Å². The van der Waals surface area contributed by atoms with Gasteiger partial charge in [0.15, 0.2) is 0 Å². The van der Waals surface area contributed by atoms with Gasteiger partial charge < -0.3 is 14.5 Å². The van der Waals surface area contributed by atoms with Gasteiger partial charge in [-0.05, 0) is 25.0 Å². The van der Waals surface area contributed by atoms with Gasteiger partial charge in [0.25, 0.3) is 0 Å². The van der Waals surface area contributed by atoms with Crippen molar-refractivity contribution in [3.8, 4) is 5.75 Å². The third-order valence-electron chi connectivity index (χ3n) is 4.14. The van der Waals surface area contributed by atoms with Gasteiger partial charge in [-0.3, -0.25) is 9.59 Å². The van der Waals surface area contributed by atoms with Gasteiger partial charge in [-0.15, -0.1) is 11.6 Å². The first-order valence-corrected chi connectivity index (χ1v) is 9.52. The van der Waals surface area contributed by atoms with Gasteiger partial charge in [-0.25, -0.2) is 0 Å². The van der Waals surface area contributed by atoms with Crippen molar-refractivity contribution in [2.45, 2.75) is 25.7 Å². The third kappa shape index (κ3) is 6.40. The summed E-state index contributed by atoms with van der Waals surface area (Å²) in [7, 11) is 0. The standard InChI is InChI=1S/C18H24Cl2N2O3/c19-9-3-7-17(23)21-10-12-22(13-11-21)18(24)8-4-14-25-16-6-2-1-5-15(16)20/h1-2,5-6H,3-4,7-14H2. The Labute approximate surface area is 158 Å². The van der Waals surface area contributed by atoms with Crippen LogP contribution >= 0.6 is 23.2 Å². The molecule has 1 aromatic carbocycles. The Morgan fingerprint density at radius 3 is 2.08 bits per heavy atom. The molecule has 0 saturated carbocycles. The van der Waals surface area contributed by atoms with Crippen molar-refractivity contribution in [2.75, 3.05) is 38.7 Å². The molecule has 0 aromatic heterocycles. The Balaban J connectivity index is 1.64. The highest BCUT2D eigenvalue weighted by molar-refractivity contribution is 6.32. The molecule has 25 heavy (non-hydrogen) atoms. The molecule has 0 spiro atoms. The van der Waals surface area contributed by atoms with E-state index >= 15 is 0 Å². The highest BCUT2D eigenvalue weighted by Gasteiger charge is 2.23. The fourth-order valence-corrected chi connectivity index (χ4v) is 3.03. The summed E-state index contributed by atoms with van der Waals surface area (Å²) >= 11 is 11.6. The van der Waals surface area contributed by atoms with E-state index in [1.807, 2.05) is 28.0 Å². The lowest BCUT2D eigenvalue weighted by Gasteiger charge is -2.35. The molecule has 0 bridgehead atoms. The normalized spacial score (nSPS) is 14.5. The van der Waals surface area contributed by atoms with Crippen LogP contribution in [0.25, 0.3) is 0 Å². The summed E-state index contributed by atoms with van der Waals surface area (Å²) < 4.78 is 5.59. The zero-order valence-electron chi connectivity index (χ0n) is 14.3. The Morgan fingerprint density at radius 1 is 0.960 bits per heavy atom. The van der Waals surface area contributed by atoms with E-state index in [1.165, 1.54) is 0 Å². The number of halogens is 2. The molecule has 0 atom stereocenters. The predicted octanol–water partition coefficient (Wildman–Crippen LogP) is 3.19. The van der Waals surface area contributed by atoms with Crippen molar-refractivity contribution < 1.29 is 14.3 Å². The van der Waals surface area contributed by atoms with E-state index in [0.717, 1.165) is 0 Å². The number of nitrogens with zero attached hydrogens (tertiary/aromatic N) is 2. The number of piperazine rings is 1. The van der Waals surface area contributed by atoms with Gasteiger partial charge in [0.05, 0.1) is 11.6 Å². The van der Waals surface area contributed by atoms with E-state index in [1.54, 1.807) is 6.07 Å². The SMILES string of the molecule is O=C(CCCCl)N1CCN(C(=O)CCCOc2ccccc2Cl)CC1. The molecule has 1 fully saturated rings. The van der Waals surface area contributed by atoms with Gasteiger partial charge >= 0.3 is 0 Å².